The molecule has 2 N–H and O–H groups in total. The van der Waals surface area contributed by atoms with Crippen LogP contribution in [0.3, 0.4) is 0 Å². The van der Waals surface area contributed by atoms with Crippen LogP contribution in [0.15, 0.2) is 0 Å². The maximum atomic E-state index is 9.89. The number of nitrogens with zero attached hydrogens (tertiary/aromatic N) is 1. The molecule has 1 saturated heterocycles. The predicted molar refractivity (Wildman–Crippen MR) is 67.2 cm³/mol. The molecule has 1 aliphatic rings. The highest BCUT2D eigenvalue weighted by molar-refractivity contribution is 4.71. The first kappa shape index (κ1) is 14.9. The Morgan fingerprint density at radius 3 is 3.18 bits per heavy atom. The average Bonchev–Trinajstić information content (AvgIpc) is 2.49. The highest BCUT2D eigenvalue weighted by Gasteiger charge is 2.17. The number of methoxy groups -OCH3 is 1. The van der Waals surface area contributed by atoms with Crippen molar-refractivity contribution in [3.05, 3.63) is 0 Å². The minimum atomic E-state index is -0.322. The summed E-state index contributed by atoms with van der Waals surface area (Å²) >= 11 is 0. The minimum absolute atomic E-state index is 0.270. The minimum Gasteiger partial charge on any atom is -0.390 e. The van der Waals surface area contributed by atoms with Gasteiger partial charge in [-0.2, -0.15) is 0 Å². The van der Waals surface area contributed by atoms with Gasteiger partial charge in [0.15, 0.2) is 0 Å². The average molecular weight is 246 g/mol. The molecule has 0 aromatic rings. The monoisotopic (exact) mass is 246 g/mol. The molecule has 0 saturated carbocycles. The molecule has 5 nitrogen and oxygen atoms in total. The third kappa shape index (κ3) is 6.95. The van der Waals surface area contributed by atoms with Crippen LogP contribution in [0.1, 0.15) is 13.3 Å². The Labute approximate surface area is 104 Å². The van der Waals surface area contributed by atoms with Gasteiger partial charge in [0.1, 0.15) is 0 Å². The molecule has 0 spiro atoms. The van der Waals surface area contributed by atoms with E-state index < -0.39 is 0 Å². The van der Waals surface area contributed by atoms with Crippen molar-refractivity contribution in [1.29, 1.82) is 0 Å². The van der Waals surface area contributed by atoms with Gasteiger partial charge in [-0.15, -0.1) is 0 Å². The Hall–Kier alpha value is -0.200. The van der Waals surface area contributed by atoms with Crippen LogP contribution in [-0.2, 0) is 9.47 Å². The second-order valence-electron chi connectivity index (χ2n) is 4.65. The smallest absolute Gasteiger partial charge is 0.0791 e. The van der Waals surface area contributed by atoms with E-state index in [0.717, 1.165) is 32.7 Å². The van der Waals surface area contributed by atoms with Crippen LogP contribution in [-0.4, -0.2) is 75.3 Å². The van der Waals surface area contributed by atoms with Gasteiger partial charge in [0.05, 0.1) is 18.8 Å². The number of hydrogen-bond donors (Lipinski definition) is 2. The van der Waals surface area contributed by atoms with Gasteiger partial charge in [0.2, 0.25) is 0 Å². The third-order valence-corrected chi connectivity index (χ3v) is 2.87. The molecular formula is C12H26N2O3. The highest BCUT2D eigenvalue weighted by Crippen LogP contribution is 2.05. The molecular weight excluding hydrogens is 220 g/mol. The quantitative estimate of drug-likeness (QED) is 0.604. The second kappa shape index (κ2) is 8.83. The summed E-state index contributed by atoms with van der Waals surface area (Å²) in [6.07, 6.45) is 0.997. The molecule has 0 aromatic heterocycles. The van der Waals surface area contributed by atoms with E-state index in [4.69, 9.17) is 9.47 Å². The summed E-state index contributed by atoms with van der Waals surface area (Å²) < 4.78 is 10.5. The van der Waals surface area contributed by atoms with Crippen molar-refractivity contribution in [3.63, 3.8) is 0 Å². The maximum Gasteiger partial charge on any atom is 0.0791 e. The molecule has 0 aliphatic carbocycles. The molecule has 1 fully saturated rings. The molecule has 1 rings (SSSR count). The van der Waals surface area contributed by atoms with Crippen molar-refractivity contribution in [3.8, 4) is 0 Å². The number of aliphatic hydroxyl groups excluding tert-OH is 1. The molecule has 102 valence electrons. The van der Waals surface area contributed by atoms with Gasteiger partial charge >= 0.3 is 0 Å². The fraction of sp³-hybridized carbons (Fsp3) is 1.00. The Balaban J connectivity index is 2.13. The van der Waals surface area contributed by atoms with Crippen molar-refractivity contribution in [2.24, 2.45) is 0 Å². The predicted octanol–water partition coefficient (Wildman–Crippen LogP) is -0.306. The lowest BCUT2D eigenvalue weighted by atomic mass is 10.2. The van der Waals surface area contributed by atoms with Crippen molar-refractivity contribution in [2.75, 3.05) is 53.0 Å². The Kier molecular flexibility index (Phi) is 7.72. The lowest BCUT2D eigenvalue weighted by Crippen LogP contribution is -2.41. The largest absolute Gasteiger partial charge is 0.390 e. The van der Waals surface area contributed by atoms with Gasteiger partial charge in [0, 0.05) is 46.4 Å². The maximum absolute atomic E-state index is 9.89. The van der Waals surface area contributed by atoms with E-state index >= 15 is 0 Å². The zero-order valence-electron chi connectivity index (χ0n) is 11.0. The molecule has 1 aliphatic heterocycles. The molecule has 5 heteroatoms. The molecule has 0 aromatic carbocycles. The first-order valence-corrected chi connectivity index (χ1v) is 6.44. The van der Waals surface area contributed by atoms with Crippen molar-refractivity contribution in [2.45, 2.75) is 25.6 Å². The van der Waals surface area contributed by atoms with Crippen LogP contribution in [0.4, 0.5) is 0 Å². The van der Waals surface area contributed by atoms with E-state index in [0.29, 0.717) is 19.7 Å². The molecule has 2 unspecified atom stereocenters. The van der Waals surface area contributed by atoms with Gasteiger partial charge in [-0.05, 0) is 13.3 Å². The molecule has 0 radical (unpaired) electrons. The molecule has 2 atom stereocenters. The van der Waals surface area contributed by atoms with Crippen molar-refractivity contribution in [1.82, 2.24) is 10.2 Å². The summed E-state index contributed by atoms with van der Waals surface area (Å²) in [6.45, 7) is 7.65. The van der Waals surface area contributed by atoms with Crippen LogP contribution < -0.4 is 5.32 Å². The SMILES string of the molecule is COCCNCC(O)CN1CCCOC(C)C1. The Morgan fingerprint density at radius 2 is 2.41 bits per heavy atom. The summed E-state index contributed by atoms with van der Waals surface area (Å²) in [7, 11) is 1.68. The van der Waals surface area contributed by atoms with Crippen LogP contribution >= 0.6 is 0 Å². The zero-order valence-corrected chi connectivity index (χ0v) is 11.0. The topological polar surface area (TPSA) is 54.0 Å². The number of aliphatic hydroxyl groups is 1. The van der Waals surface area contributed by atoms with Crippen LogP contribution in [0.25, 0.3) is 0 Å². The summed E-state index contributed by atoms with van der Waals surface area (Å²) in [5.74, 6) is 0. The Bertz CT molecular complexity index is 193. The third-order valence-electron chi connectivity index (χ3n) is 2.87. The van der Waals surface area contributed by atoms with Crippen molar-refractivity contribution < 1.29 is 14.6 Å². The molecule has 0 bridgehead atoms. The van der Waals surface area contributed by atoms with E-state index in [-0.39, 0.29) is 12.2 Å². The number of rotatable bonds is 7. The summed E-state index contributed by atoms with van der Waals surface area (Å²) in [6, 6.07) is 0. The van der Waals surface area contributed by atoms with Gasteiger partial charge in [0.25, 0.3) is 0 Å². The van der Waals surface area contributed by atoms with Crippen LogP contribution in [0, 0.1) is 0 Å². The molecule has 1 heterocycles. The highest BCUT2D eigenvalue weighted by atomic mass is 16.5. The van der Waals surface area contributed by atoms with E-state index in [1.807, 2.05) is 0 Å². The van der Waals surface area contributed by atoms with Crippen LogP contribution in [0.5, 0.6) is 0 Å². The fourth-order valence-electron chi connectivity index (χ4n) is 2.05. The van der Waals surface area contributed by atoms with E-state index in [2.05, 4.69) is 17.1 Å². The summed E-state index contributed by atoms with van der Waals surface area (Å²) in [5, 5.41) is 13.1. The fourth-order valence-corrected chi connectivity index (χ4v) is 2.05. The van der Waals surface area contributed by atoms with E-state index in [1.165, 1.54) is 0 Å². The molecule has 0 amide bonds. The number of hydrogen-bond acceptors (Lipinski definition) is 5. The van der Waals surface area contributed by atoms with Gasteiger partial charge in [-0.25, -0.2) is 0 Å². The normalized spacial score (nSPS) is 24.5. The van der Waals surface area contributed by atoms with Gasteiger partial charge in [-0.3, -0.25) is 4.90 Å². The van der Waals surface area contributed by atoms with E-state index in [9.17, 15) is 5.11 Å². The van der Waals surface area contributed by atoms with Crippen LogP contribution in [0.2, 0.25) is 0 Å². The van der Waals surface area contributed by atoms with Gasteiger partial charge < -0.3 is 19.9 Å². The first-order chi connectivity index (χ1) is 8.22. The first-order valence-electron chi connectivity index (χ1n) is 6.44. The second-order valence-corrected chi connectivity index (χ2v) is 4.65. The standard InChI is InChI=1S/C12H26N2O3/c1-11-9-14(5-3-6-17-11)10-12(15)8-13-4-7-16-2/h11-13,15H,3-10H2,1-2H3. The lowest BCUT2D eigenvalue weighted by Gasteiger charge is -2.24. The number of β-amino-alcohol motifs (C(OH)–C–C–N with tert-alkyl or cyclic N) is 1. The Morgan fingerprint density at radius 1 is 1.59 bits per heavy atom. The van der Waals surface area contributed by atoms with Crippen molar-refractivity contribution >= 4 is 0 Å². The van der Waals surface area contributed by atoms with Gasteiger partial charge in [-0.1, -0.05) is 0 Å². The molecule has 17 heavy (non-hydrogen) atoms. The summed E-state index contributed by atoms with van der Waals surface area (Å²) in [5.41, 5.74) is 0. The number of nitrogens with one attached hydrogen (secondary N) is 1. The summed E-state index contributed by atoms with van der Waals surface area (Å²) in [4.78, 5) is 2.28. The van der Waals surface area contributed by atoms with E-state index in [1.54, 1.807) is 7.11 Å². The zero-order chi connectivity index (χ0) is 12.5. The number of ether oxygens (including phenoxy) is 2. The lowest BCUT2D eigenvalue weighted by molar-refractivity contribution is 0.0561.